The van der Waals surface area contributed by atoms with Crippen LogP contribution in [-0.2, 0) is 0 Å². The normalized spacial score (nSPS) is 13.3. The fourth-order valence-corrected chi connectivity index (χ4v) is 3.40. The molecule has 1 aliphatic heterocycles. The lowest BCUT2D eigenvalue weighted by Crippen LogP contribution is -2.34. The number of nitrogens with zero attached hydrogens (tertiary/aromatic N) is 1. The molecule has 1 heterocycles. The Morgan fingerprint density at radius 1 is 0.731 bits per heavy atom. The zero-order valence-corrected chi connectivity index (χ0v) is 14.0. The first-order valence-electron chi connectivity index (χ1n) is 8.44. The van der Waals surface area contributed by atoms with E-state index in [0.29, 0.717) is 5.56 Å². The fraction of sp³-hybridized carbons (Fsp3) is 0.0909. The van der Waals surface area contributed by atoms with Gasteiger partial charge < -0.3 is 5.11 Å². The van der Waals surface area contributed by atoms with Crippen LogP contribution >= 0.6 is 0 Å². The van der Waals surface area contributed by atoms with Gasteiger partial charge in [0.05, 0.1) is 11.1 Å². The molecule has 0 saturated heterocycles. The molecular formula is C22H17NO3. The van der Waals surface area contributed by atoms with E-state index in [2.05, 4.69) is 0 Å². The van der Waals surface area contributed by atoms with Gasteiger partial charge >= 0.3 is 0 Å². The van der Waals surface area contributed by atoms with E-state index >= 15 is 0 Å². The van der Waals surface area contributed by atoms with Crippen LogP contribution in [0.4, 0.5) is 0 Å². The maximum absolute atomic E-state index is 12.8. The number of aromatic hydroxyl groups is 1. The third-order valence-corrected chi connectivity index (χ3v) is 4.72. The molecule has 0 radical (unpaired) electrons. The number of phenols is 1. The van der Waals surface area contributed by atoms with Gasteiger partial charge in [-0.3, -0.25) is 14.5 Å². The van der Waals surface area contributed by atoms with Crippen molar-refractivity contribution in [3.63, 3.8) is 0 Å². The van der Waals surface area contributed by atoms with Crippen LogP contribution in [0.3, 0.4) is 0 Å². The van der Waals surface area contributed by atoms with Crippen LogP contribution in [0.2, 0.25) is 0 Å². The Morgan fingerprint density at radius 2 is 1.27 bits per heavy atom. The summed E-state index contributed by atoms with van der Waals surface area (Å²) in [6.45, 7) is 0.251. The van der Waals surface area contributed by atoms with Crippen molar-refractivity contribution in [3.05, 3.63) is 101 Å². The number of carbonyl (C=O) groups excluding carboxylic acids is 2. The van der Waals surface area contributed by atoms with E-state index in [1.807, 2.05) is 60.7 Å². The van der Waals surface area contributed by atoms with Gasteiger partial charge in [-0.15, -0.1) is 0 Å². The first kappa shape index (κ1) is 16.1. The Bertz CT molecular complexity index is 928. The summed E-state index contributed by atoms with van der Waals surface area (Å²) in [5.74, 6) is -0.817. The van der Waals surface area contributed by atoms with Gasteiger partial charge in [0.1, 0.15) is 5.75 Å². The summed E-state index contributed by atoms with van der Waals surface area (Å²) in [6, 6.07) is 24.0. The standard InChI is InChI=1S/C22H17NO3/c24-17-11-12-18-19(13-17)22(26)23(21(18)25)14-20(15-7-3-1-4-8-15)16-9-5-2-6-10-16/h1-13,20,24H,14H2. The highest BCUT2D eigenvalue weighted by Crippen LogP contribution is 2.31. The van der Waals surface area contributed by atoms with Gasteiger partial charge in [0.15, 0.2) is 0 Å². The van der Waals surface area contributed by atoms with E-state index in [0.717, 1.165) is 11.1 Å². The van der Waals surface area contributed by atoms with Crippen LogP contribution in [0.5, 0.6) is 5.75 Å². The highest BCUT2D eigenvalue weighted by molar-refractivity contribution is 6.21. The van der Waals surface area contributed by atoms with E-state index in [9.17, 15) is 14.7 Å². The fourth-order valence-electron chi connectivity index (χ4n) is 3.40. The summed E-state index contributed by atoms with van der Waals surface area (Å²) in [5, 5.41) is 9.64. The third kappa shape index (κ3) is 2.75. The van der Waals surface area contributed by atoms with Crippen molar-refractivity contribution in [2.24, 2.45) is 0 Å². The highest BCUT2D eigenvalue weighted by Gasteiger charge is 2.37. The lowest BCUT2D eigenvalue weighted by Gasteiger charge is -2.23. The molecule has 128 valence electrons. The molecule has 4 heteroatoms. The van der Waals surface area contributed by atoms with Crippen molar-refractivity contribution < 1.29 is 14.7 Å². The van der Waals surface area contributed by atoms with Crippen molar-refractivity contribution >= 4 is 11.8 Å². The van der Waals surface area contributed by atoms with Crippen molar-refractivity contribution in [2.45, 2.75) is 5.92 Å². The number of imide groups is 1. The second-order valence-electron chi connectivity index (χ2n) is 6.32. The maximum atomic E-state index is 12.8. The quantitative estimate of drug-likeness (QED) is 0.733. The van der Waals surface area contributed by atoms with Gasteiger partial charge in [0.25, 0.3) is 11.8 Å². The zero-order valence-electron chi connectivity index (χ0n) is 14.0. The van der Waals surface area contributed by atoms with Crippen LogP contribution in [0.25, 0.3) is 0 Å². The third-order valence-electron chi connectivity index (χ3n) is 4.72. The molecule has 0 bridgehead atoms. The van der Waals surface area contributed by atoms with E-state index in [-0.39, 0.29) is 35.6 Å². The molecule has 1 aliphatic rings. The van der Waals surface area contributed by atoms with Gasteiger partial charge in [0, 0.05) is 12.5 Å². The molecule has 2 amide bonds. The monoisotopic (exact) mass is 343 g/mol. The largest absolute Gasteiger partial charge is 0.508 e. The summed E-state index contributed by atoms with van der Waals surface area (Å²) >= 11 is 0. The smallest absolute Gasteiger partial charge is 0.261 e. The summed E-state index contributed by atoms with van der Waals surface area (Å²) in [7, 11) is 0. The summed E-state index contributed by atoms with van der Waals surface area (Å²) < 4.78 is 0. The molecule has 0 aliphatic carbocycles. The van der Waals surface area contributed by atoms with Crippen LogP contribution < -0.4 is 0 Å². The predicted molar refractivity (Wildman–Crippen MR) is 98.2 cm³/mol. The number of benzene rings is 3. The Labute approximate surface area is 151 Å². The Morgan fingerprint density at radius 3 is 1.85 bits per heavy atom. The lowest BCUT2D eigenvalue weighted by atomic mass is 9.91. The molecule has 0 saturated carbocycles. The van der Waals surface area contributed by atoms with Crippen molar-refractivity contribution in [2.75, 3.05) is 6.54 Å². The van der Waals surface area contributed by atoms with Crippen molar-refractivity contribution in [1.82, 2.24) is 4.90 Å². The average Bonchev–Trinajstić information content (AvgIpc) is 2.91. The second-order valence-corrected chi connectivity index (χ2v) is 6.32. The number of rotatable bonds is 4. The number of phenolic OH excluding ortho intramolecular Hbond substituents is 1. The molecule has 3 aromatic carbocycles. The molecule has 0 atom stereocenters. The Balaban J connectivity index is 1.71. The van der Waals surface area contributed by atoms with Crippen molar-refractivity contribution in [3.8, 4) is 5.75 Å². The summed E-state index contributed by atoms with van der Waals surface area (Å²) in [5.41, 5.74) is 2.68. The highest BCUT2D eigenvalue weighted by atomic mass is 16.3. The van der Waals surface area contributed by atoms with Crippen LogP contribution in [0.1, 0.15) is 37.8 Å². The lowest BCUT2D eigenvalue weighted by molar-refractivity contribution is 0.0649. The molecule has 3 aromatic rings. The van der Waals surface area contributed by atoms with E-state index < -0.39 is 0 Å². The minimum absolute atomic E-state index is 0.0191. The van der Waals surface area contributed by atoms with Gasteiger partial charge in [-0.1, -0.05) is 60.7 Å². The molecule has 0 unspecified atom stereocenters. The SMILES string of the molecule is O=C1c2ccc(O)cc2C(=O)N1CC(c1ccccc1)c1ccccc1. The molecular weight excluding hydrogens is 326 g/mol. The van der Waals surface area contributed by atoms with Gasteiger partial charge in [-0.25, -0.2) is 0 Å². The zero-order chi connectivity index (χ0) is 18.1. The molecule has 0 spiro atoms. The minimum atomic E-state index is -0.363. The molecule has 0 aromatic heterocycles. The Hall–Kier alpha value is -3.40. The van der Waals surface area contributed by atoms with Gasteiger partial charge in [-0.05, 0) is 29.3 Å². The molecule has 26 heavy (non-hydrogen) atoms. The number of amides is 2. The van der Waals surface area contributed by atoms with Crippen LogP contribution in [0.15, 0.2) is 78.9 Å². The number of carbonyl (C=O) groups is 2. The van der Waals surface area contributed by atoms with E-state index in [1.165, 1.54) is 23.1 Å². The second kappa shape index (κ2) is 6.48. The molecule has 0 fully saturated rings. The van der Waals surface area contributed by atoms with Crippen LogP contribution in [-0.4, -0.2) is 28.4 Å². The van der Waals surface area contributed by atoms with Gasteiger partial charge in [0.2, 0.25) is 0 Å². The van der Waals surface area contributed by atoms with E-state index in [1.54, 1.807) is 0 Å². The maximum Gasteiger partial charge on any atom is 0.261 e. The minimum Gasteiger partial charge on any atom is -0.508 e. The van der Waals surface area contributed by atoms with Crippen LogP contribution in [0, 0.1) is 0 Å². The van der Waals surface area contributed by atoms with E-state index in [4.69, 9.17) is 0 Å². The molecule has 1 N–H and O–H groups in total. The number of hydrogen-bond donors (Lipinski definition) is 1. The predicted octanol–water partition coefficient (Wildman–Crippen LogP) is 3.82. The first-order valence-corrected chi connectivity index (χ1v) is 8.44. The van der Waals surface area contributed by atoms with Gasteiger partial charge in [-0.2, -0.15) is 0 Å². The van der Waals surface area contributed by atoms with Crippen molar-refractivity contribution in [1.29, 1.82) is 0 Å². The topological polar surface area (TPSA) is 57.6 Å². The average molecular weight is 343 g/mol. The first-order chi connectivity index (χ1) is 12.6. The molecule has 4 nitrogen and oxygen atoms in total. The molecule has 4 rings (SSSR count). The number of hydrogen-bond acceptors (Lipinski definition) is 3. The summed E-state index contributed by atoms with van der Waals surface area (Å²) in [4.78, 5) is 26.8. The Kier molecular flexibility index (Phi) is 4.01. The summed E-state index contributed by atoms with van der Waals surface area (Å²) in [6.07, 6.45) is 0. The number of fused-ring (bicyclic) bond motifs is 1.